The highest BCUT2D eigenvalue weighted by Crippen LogP contribution is 2.32. The molecule has 4 nitrogen and oxygen atoms in total. The molecule has 0 spiro atoms. The van der Waals surface area contributed by atoms with Gasteiger partial charge in [0.15, 0.2) is 0 Å². The zero-order chi connectivity index (χ0) is 22.0. The molecule has 0 atom stereocenters. The summed E-state index contributed by atoms with van der Waals surface area (Å²) < 4.78 is 9.08. The molecule has 0 fully saturated rings. The highest BCUT2D eigenvalue weighted by atomic mass is 16.5. The lowest BCUT2D eigenvalue weighted by Crippen LogP contribution is -2.18. The van der Waals surface area contributed by atoms with E-state index in [9.17, 15) is 10.2 Å². The molecule has 2 aromatic rings. The number of ether oxygens (including phenoxy) is 2. The normalized spacial score (nSPS) is 9.71. The molecule has 2 aromatic carbocycles. The van der Waals surface area contributed by atoms with Crippen LogP contribution < -0.4 is 0 Å². The molecule has 0 bridgehead atoms. The minimum Gasteiger partial charge on any atom is -0.508 e. The smallest absolute Gasteiger partial charge is 0.115 e. The third kappa shape index (κ3) is 12.4. The van der Waals surface area contributed by atoms with Crippen molar-refractivity contribution in [1.29, 1.82) is 0 Å². The number of benzene rings is 2. The number of rotatable bonds is 4. The monoisotopic (exact) mass is 392 g/mol. The summed E-state index contributed by atoms with van der Waals surface area (Å²) in [4.78, 5) is 0. The van der Waals surface area contributed by atoms with Crippen molar-refractivity contribution in [3.05, 3.63) is 59.7 Å². The van der Waals surface area contributed by atoms with E-state index in [1.165, 1.54) is 6.42 Å². The van der Waals surface area contributed by atoms with Gasteiger partial charge in [0, 0.05) is 32.8 Å². The maximum absolute atomic E-state index is 9.30. The second-order valence-electron chi connectivity index (χ2n) is 6.58. The van der Waals surface area contributed by atoms with Crippen molar-refractivity contribution in [2.45, 2.75) is 53.4 Å². The highest BCUT2D eigenvalue weighted by Gasteiger charge is 2.22. The zero-order valence-electron chi connectivity index (χ0n) is 19.0. The Morgan fingerprint density at radius 1 is 0.643 bits per heavy atom. The molecule has 2 N–H and O–H groups in total. The number of aromatic hydroxyl groups is 2. The first-order valence-electron chi connectivity index (χ1n) is 9.81. The quantitative estimate of drug-likeness (QED) is 0.655. The Balaban J connectivity index is 0. The lowest BCUT2D eigenvalue weighted by Gasteiger charge is -2.26. The van der Waals surface area contributed by atoms with Crippen molar-refractivity contribution < 1.29 is 19.7 Å². The van der Waals surface area contributed by atoms with E-state index in [0.717, 1.165) is 24.3 Å². The van der Waals surface area contributed by atoms with Crippen molar-refractivity contribution in [2.75, 3.05) is 27.4 Å². The molecule has 28 heavy (non-hydrogen) atoms. The van der Waals surface area contributed by atoms with Crippen LogP contribution >= 0.6 is 0 Å². The van der Waals surface area contributed by atoms with Crippen LogP contribution in [0.3, 0.4) is 0 Å². The lowest BCUT2D eigenvalue weighted by molar-refractivity contribution is 0.215. The van der Waals surface area contributed by atoms with Gasteiger partial charge in [0.1, 0.15) is 11.5 Å². The molecule has 0 amide bonds. The second kappa shape index (κ2) is 17.1. The first kappa shape index (κ1) is 28.2. The van der Waals surface area contributed by atoms with Gasteiger partial charge in [0.25, 0.3) is 0 Å². The number of methoxy groups -OCH3 is 2. The van der Waals surface area contributed by atoms with Crippen LogP contribution in [0.1, 0.15) is 59.1 Å². The molecule has 4 heteroatoms. The fourth-order valence-corrected chi connectivity index (χ4v) is 1.92. The van der Waals surface area contributed by atoms with E-state index in [0.29, 0.717) is 0 Å². The molecule has 0 saturated carbocycles. The molecule has 0 heterocycles. The summed E-state index contributed by atoms with van der Waals surface area (Å²) in [6.45, 7) is 14.0. The fourth-order valence-electron chi connectivity index (χ4n) is 1.92. The Morgan fingerprint density at radius 2 is 0.857 bits per heavy atom. The van der Waals surface area contributed by atoms with Crippen LogP contribution in [-0.4, -0.2) is 37.6 Å². The Kier molecular flexibility index (Phi) is 17.2. The fraction of sp³-hybridized carbons (Fsp3) is 0.500. The van der Waals surface area contributed by atoms with Crippen molar-refractivity contribution in [3.63, 3.8) is 0 Å². The molecule has 160 valence electrons. The van der Waals surface area contributed by atoms with E-state index in [1.54, 1.807) is 38.5 Å². The first-order valence-corrected chi connectivity index (χ1v) is 9.81. The maximum Gasteiger partial charge on any atom is 0.115 e. The summed E-state index contributed by atoms with van der Waals surface area (Å²) >= 11 is 0. The average Bonchev–Trinajstić information content (AvgIpc) is 2.69. The maximum atomic E-state index is 9.30. The van der Waals surface area contributed by atoms with Gasteiger partial charge in [-0.3, -0.25) is 0 Å². The van der Waals surface area contributed by atoms with Crippen molar-refractivity contribution in [3.8, 4) is 11.5 Å². The number of phenolic OH excluding ortho intramolecular Hbond substituents is 2. The lowest BCUT2D eigenvalue weighted by atomic mass is 9.78. The van der Waals surface area contributed by atoms with E-state index in [1.807, 2.05) is 38.1 Å². The van der Waals surface area contributed by atoms with E-state index in [-0.39, 0.29) is 16.9 Å². The van der Waals surface area contributed by atoms with Crippen LogP contribution in [0.4, 0.5) is 0 Å². The Bertz CT molecular complexity index is 519. The molecule has 0 unspecified atom stereocenters. The third-order valence-corrected chi connectivity index (χ3v) is 3.76. The summed E-state index contributed by atoms with van der Waals surface area (Å²) in [5.74, 6) is 0.547. The SMILES string of the molecule is CC(C)(c1ccc(O)cc1)c1ccc(O)cc1.CCC.CCOC.CCOC. The first-order chi connectivity index (χ1) is 13.2. The Labute approximate surface area is 172 Å². The molecule has 0 aliphatic rings. The van der Waals surface area contributed by atoms with Gasteiger partial charge in [-0.05, 0) is 49.2 Å². The molecular weight excluding hydrogens is 352 g/mol. The van der Waals surface area contributed by atoms with E-state index < -0.39 is 0 Å². The third-order valence-electron chi connectivity index (χ3n) is 3.76. The van der Waals surface area contributed by atoms with Crippen LogP contribution in [0.2, 0.25) is 0 Å². The van der Waals surface area contributed by atoms with Crippen LogP contribution in [0.25, 0.3) is 0 Å². The largest absolute Gasteiger partial charge is 0.508 e. The summed E-state index contributed by atoms with van der Waals surface area (Å²) in [5, 5.41) is 18.6. The standard InChI is InChI=1S/C15H16O2.2C3H8O.C3H8/c1-15(2,11-3-7-13(16)8-4-11)12-5-9-14(17)10-6-12;2*1-3-4-2;1-3-2/h3-10,16-17H,1-2H3;2*3H2,1-2H3;3H2,1-2H3. The van der Waals surface area contributed by atoms with E-state index >= 15 is 0 Å². The number of hydrogen-bond acceptors (Lipinski definition) is 4. The zero-order valence-corrected chi connectivity index (χ0v) is 19.0. The van der Waals surface area contributed by atoms with Crippen molar-refractivity contribution in [2.24, 2.45) is 0 Å². The van der Waals surface area contributed by atoms with E-state index in [4.69, 9.17) is 0 Å². The molecule has 0 aliphatic heterocycles. The molecule has 2 rings (SSSR count). The minimum absolute atomic E-state index is 0.151. The Morgan fingerprint density at radius 3 is 1.04 bits per heavy atom. The molecule has 0 aliphatic carbocycles. The summed E-state index contributed by atoms with van der Waals surface area (Å²) in [6.07, 6.45) is 1.25. The highest BCUT2D eigenvalue weighted by molar-refractivity contribution is 5.41. The van der Waals surface area contributed by atoms with Gasteiger partial charge in [-0.15, -0.1) is 0 Å². The van der Waals surface area contributed by atoms with Gasteiger partial charge in [-0.1, -0.05) is 58.4 Å². The summed E-state index contributed by atoms with van der Waals surface area (Å²) in [7, 11) is 3.36. The second-order valence-corrected chi connectivity index (χ2v) is 6.58. The van der Waals surface area contributed by atoms with Gasteiger partial charge in [0.2, 0.25) is 0 Å². The minimum atomic E-state index is -0.151. The predicted molar refractivity (Wildman–Crippen MR) is 119 cm³/mol. The van der Waals surface area contributed by atoms with Crippen LogP contribution in [0.15, 0.2) is 48.5 Å². The summed E-state index contributed by atoms with van der Waals surface area (Å²) in [6, 6.07) is 14.4. The topological polar surface area (TPSA) is 58.9 Å². The molecule has 0 radical (unpaired) electrons. The predicted octanol–water partition coefficient (Wildman–Crippen LogP) is 6.15. The molecule has 0 aromatic heterocycles. The van der Waals surface area contributed by atoms with Crippen molar-refractivity contribution in [1.82, 2.24) is 0 Å². The molecule has 0 saturated heterocycles. The van der Waals surface area contributed by atoms with Crippen LogP contribution in [0, 0.1) is 0 Å². The average molecular weight is 393 g/mol. The van der Waals surface area contributed by atoms with Gasteiger partial charge in [-0.2, -0.15) is 0 Å². The van der Waals surface area contributed by atoms with Gasteiger partial charge >= 0.3 is 0 Å². The van der Waals surface area contributed by atoms with Gasteiger partial charge in [-0.25, -0.2) is 0 Å². The number of hydrogen-bond donors (Lipinski definition) is 2. The number of phenols is 2. The van der Waals surface area contributed by atoms with Crippen molar-refractivity contribution >= 4 is 0 Å². The van der Waals surface area contributed by atoms with E-state index in [2.05, 4.69) is 37.2 Å². The molecular formula is C24H40O4. The summed E-state index contributed by atoms with van der Waals surface area (Å²) in [5.41, 5.74) is 2.10. The van der Waals surface area contributed by atoms with Crippen LogP contribution in [0.5, 0.6) is 11.5 Å². The van der Waals surface area contributed by atoms with Gasteiger partial charge in [0.05, 0.1) is 0 Å². The van der Waals surface area contributed by atoms with Gasteiger partial charge < -0.3 is 19.7 Å². The van der Waals surface area contributed by atoms with Crippen LogP contribution in [-0.2, 0) is 14.9 Å². The Hall–Kier alpha value is -2.04.